The molecule has 0 amide bonds. The van der Waals surface area contributed by atoms with Crippen LogP contribution < -0.4 is 5.32 Å². The highest BCUT2D eigenvalue weighted by Crippen LogP contribution is 2.11. The molecule has 8 heteroatoms. The quantitative estimate of drug-likeness (QED) is 0.834. The third-order valence-corrected chi connectivity index (χ3v) is 3.04. The van der Waals surface area contributed by atoms with E-state index in [4.69, 9.17) is 9.05 Å². The first-order chi connectivity index (χ1) is 9.58. The van der Waals surface area contributed by atoms with Crippen LogP contribution in [0.1, 0.15) is 50.1 Å². The average molecular weight is 316 g/mol. The minimum absolute atomic E-state index is 0. The zero-order valence-electron chi connectivity index (χ0n) is 12.8. The number of aromatic nitrogens is 4. The highest BCUT2D eigenvalue weighted by atomic mass is 35.5. The van der Waals surface area contributed by atoms with Crippen molar-refractivity contribution in [3.63, 3.8) is 0 Å². The molecule has 0 spiro atoms. The van der Waals surface area contributed by atoms with E-state index in [9.17, 15) is 0 Å². The van der Waals surface area contributed by atoms with E-state index in [0.717, 1.165) is 18.1 Å². The van der Waals surface area contributed by atoms with E-state index in [1.807, 2.05) is 20.9 Å². The minimum Gasteiger partial charge on any atom is -0.339 e. The second-order valence-corrected chi connectivity index (χ2v) is 5.20. The lowest BCUT2D eigenvalue weighted by molar-refractivity contribution is 0.348. The molecule has 2 aromatic heterocycles. The number of aryl methyl sites for hydroxylation is 2. The van der Waals surface area contributed by atoms with Gasteiger partial charge in [0.2, 0.25) is 11.8 Å². The largest absolute Gasteiger partial charge is 0.339 e. The molecule has 0 aromatic carbocycles. The fourth-order valence-corrected chi connectivity index (χ4v) is 1.67. The van der Waals surface area contributed by atoms with Crippen LogP contribution in [-0.4, -0.2) is 33.4 Å². The highest BCUT2D eigenvalue weighted by molar-refractivity contribution is 5.85. The fourth-order valence-electron chi connectivity index (χ4n) is 1.67. The van der Waals surface area contributed by atoms with Crippen LogP contribution in [0.15, 0.2) is 9.05 Å². The molecule has 7 nitrogen and oxygen atoms in total. The topological polar surface area (TPSA) is 89.9 Å². The van der Waals surface area contributed by atoms with Gasteiger partial charge in [-0.1, -0.05) is 24.2 Å². The first-order valence-electron chi connectivity index (χ1n) is 6.89. The minimum atomic E-state index is 0. The summed E-state index contributed by atoms with van der Waals surface area (Å²) in [5.41, 5.74) is 0. The van der Waals surface area contributed by atoms with Gasteiger partial charge >= 0.3 is 0 Å². The van der Waals surface area contributed by atoms with Crippen molar-refractivity contribution in [3.05, 3.63) is 23.4 Å². The number of hydrogen-bond donors (Lipinski definition) is 1. The Kier molecular flexibility index (Phi) is 6.77. The van der Waals surface area contributed by atoms with Gasteiger partial charge in [-0.15, -0.1) is 12.4 Å². The number of nitrogens with zero attached hydrogens (tertiary/aromatic N) is 4. The van der Waals surface area contributed by atoms with Crippen LogP contribution in [0.25, 0.3) is 0 Å². The Labute approximate surface area is 130 Å². The molecule has 21 heavy (non-hydrogen) atoms. The molecule has 2 heterocycles. The van der Waals surface area contributed by atoms with Gasteiger partial charge in [0.15, 0.2) is 11.6 Å². The monoisotopic (exact) mass is 315 g/mol. The summed E-state index contributed by atoms with van der Waals surface area (Å²) in [4.78, 5) is 8.66. The molecule has 0 bridgehead atoms. The molecule has 1 unspecified atom stereocenters. The van der Waals surface area contributed by atoms with Gasteiger partial charge in [-0.25, -0.2) is 0 Å². The van der Waals surface area contributed by atoms with E-state index in [1.54, 1.807) is 0 Å². The predicted molar refractivity (Wildman–Crippen MR) is 79.6 cm³/mol. The first kappa shape index (κ1) is 17.6. The van der Waals surface area contributed by atoms with Gasteiger partial charge in [0.1, 0.15) is 0 Å². The van der Waals surface area contributed by atoms with E-state index < -0.39 is 0 Å². The smallest absolute Gasteiger partial charge is 0.227 e. The third-order valence-electron chi connectivity index (χ3n) is 3.04. The molecule has 2 rings (SSSR count). The normalized spacial score (nSPS) is 12.4. The van der Waals surface area contributed by atoms with Crippen molar-refractivity contribution >= 4 is 12.4 Å². The van der Waals surface area contributed by atoms with Crippen LogP contribution in [0, 0.1) is 0 Å². The Morgan fingerprint density at radius 2 is 1.62 bits per heavy atom. The van der Waals surface area contributed by atoms with E-state index in [-0.39, 0.29) is 18.3 Å². The SMILES string of the molecule is CNC(C)Cc1noc(CCc2nc(C(C)C)no2)n1.Cl. The van der Waals surface area contributed by atoms with Gasteiger partial charge in [-0.05, 0) is 14.0 Å². The fraction of sp³-hybridized carbons (Fsp3) is 0.692. The molecule has 0 aliphatic carbocycles. The molecular formula is C13H22ClN5O2. The Morgan fingerprint density at radius 3 is 2.19 bits per heavy atom. The summed E-state index contributed by atoms with van der Waals surface area (Å²) in [5.74, 6) is 2.93. The van der Waals surface area contributed by atoms with Gasteiger partial charge in [0.05, 0.1) is 0 Å². The van der Waals surface area contributed by atoms with Gasteiger partial charge in [0.25, 0.3) is 0 Å². The summed E-state index contributed by atoms with van der Waals surface area (Å²) in [6.45, 7) is 6.13. The lowest BCUT2D eigenvalue weighted by Gasteiger charge is -2.04. The molecule has 1 atom stereocenters. The summed E-state index contributed by atoms with van der Waals surface area (Å²) >= 11 is 0. The third kappa shape index (κ3) is 5.09. The Balaban J connectivity index is 0.00000220. The van der Waals surface area contributed by atoms with Crippen LogP contribution in [0.2, 0.25) is 0 Å². The summed E-state index contributed by atoms with van der Waals surface area (Å²) in [5, 5.41) is 11.0. The zero-order valence-corrected chi connectivity index (χ0v) is 13.6. The maximum atomic E-state index is 5.21. The van der Waals surface area contributed by atoms with Gasteiger partial charge in [-0.3, -0.25) is 0 Å². The van der Waals surface area contributed by atoms with Crippen molar-refractivity contribution in [2.45, 2.75) is 52.0 Å². The first-order valence-corrected chi connectivity index (χ1v) is 6.89. The number of nitrogens with one attached hydrogen (secondary N) is 1. The van der Waals surface area contributed by atoms with Crippen molar-refractivity contribution in [2.24, 2.45) is 0 Å². The number of rotatable bonds is 7. The number of hydrogen-bond acceptors (Lipinski definition) is 7. The van der Waals surface area contributed by atoms with Gasteiger partial charge in [-0.2, -0.15) is 9.97 Å². The van der Waals surface area contributed by atoms with Crippen molar-refractivity contribution in [3.8, 4) is 0 Å². The van der Waals surface area contributed by atoms with Gasteiger partial charge < -0.3 is 14.4 Å². The van der Waals surface area contributed by atoms with Crippen molar-refractivity contribution < 1.29 is 9.05 Å². The second-order valence-electron chi connectivity index (χ2n) is 5.20. The van der Waals surface area contributed by atoms with Crippen molar-refractivity contribution in [2.75, 3.05) is 7.05 Å². The van der Waals surface area contributed by atoms with Crippen LogP contribution in [-0.2, 0) is 19.3 Å². The summed E-state index contributed by atoms with van der Waals surface area (Å²) in [6.07, 6.45) is 1.97. The molecule has 1 N–H and O–H groups in total. The van der Waals surface area contributed by atoms with Crippen LogP contribution in [0.5, 0.6) is 0 Å². The molecule has 118 valence electrons. The lowest BCUT2D eigenvalue weighted by Crippen LogP contribution is -2.24. The van der Waals surface area contributed by atoms with Gasteiger partial charge in [0, 0.05) is 31.2 Å². The molecule has 0 fully saturated rings. The predicted octanol–water partition coefficient (Wildman–Crippen LogP) is 1.93. The summed E-state index contributed by atoms with van der Waals surface area (Å²) < 4.78 is 10.4. The van der Waals surface area contributed by atoms with Crippen molar-refractivity contribution in [1.82, 2.24) is 25.6 Å². The van der Waals surface area contributed by atoms with E-state index >= 15 is 0 Å². The Morgan fingerprint density at radius 1 is 1.00 bits per heavy atom. The van der Waals surface area contributed by atoms with E-state index in [1.165, 1.54) is 0 Å². The molecular weight excluding hydrogens is 294 g/mol. The number of halogens is 1. The van der Waals surface area contributed by atoms with E-state index in [0.29, 0.717) is 30.7 Å². The zero-order chi connectivity index (χ0) is 14.5. The van der Waals surface area contributed by atoms with Crippen LogP contribution >= 0.6 is 12.4 Å². The standard InChI is InChI=1S/C13H21N5O2.ClH/c1-8(2)13-16-12(20-18-13)6-5-11-15-10(17-19-11)7-9(3)14-4;/h8-9,14H,5-7H2,1-4H3;1H. The maximum absolute atomic E-state index is 5.21. The lowest BCUT2D eigenvalue weighted by atomic mass is 10.2. The Bertz CT molecular complexity index is 540. The van der Waals surface area contributed by atoms with Crippen molar-refractivity contribution in [1.29, 1.82) is 0 Å². The van der Waals surface area contributed by atoms with Crippen LogP contribution in [0.3, 0.4) is 0 Å². The van der Waals surface area contributed by atoms with E-state index in [2.05, 4.69) is 32.5 Å². The summed E-state index contributed by atoms with van der Waals surface area (Å²) in [7, 11) is 1.91. The average Bonchev–Trinajstić information content (AvgIpc) is 3.05. The number of likely N-dealkylation sites (N-methyl/N-ethyl adjacent to an activating group) is 1. The molecule has 0 aliphatic rings. The maximum Gasteiger partial charge on any atom is 0.227 e. The second kappa shape index (κ2) is 8.09. The van der Waals surface area contributed by atoms with Crippen LogP contribution in [0.4, 0.5) is 0 Å². The highest BCUT2D eigenvalue weighted by Gasteiger charge is 2.13. The molecule has 0 radical (unpaired) electrons. The molecule has 0 aliphatic heterocycles. The molecule has 0 saturated carbocycles. The molecule has 2 aromatic rings. The molecule has 0 saturated heterocycles. The summed E-state index contributed by atoms with van der Waals surface area (Å²) in [6, 6.07) is 0.324. The Hall–Kier alpha value is -1.47.